The first-order valence-electron chi connectivity index (χ1n) is 10.6. The molecule has 0 spiro atoms. The van der Waals surface area contributed by atoms with E-state index in [9.17, 15) is 9.59 Å². The molecule has 0 saturated heterocycles. The molecule has 2 N–H and O–H groups in total. The summed E-state index contributed by atoms with van der Waals surface area (Å²) in [6, 6.07) is 14.0. The molecule has 0 atom stereocenters. The van der Waals surface area contributed by atoms with Gasteiger partial charge in [0, 0.05) is 28.4 Å². The van der Waals surface area contributed by atoms with Gasteiger partial charge in [0.05, 0.1) is 0 Å². The molecule has 2 heterocycles. The van der Waals surface area contributed by atoms with Crippen LogP contribution >= 0.6 is 11.6 Å². The number of aromatic nitrogens is 4. The SMILES string of the molecule is Cc1nc2ncnn2c(C)c1CCC(=O)NNC(=O)c1ccc(COc2ccc(Cl)cc2)cc1. The quantitative estimate of drug-likeness (QED) is 0.394. The highest BCUT2D eigenvalue weighted by atomic mass is 35.5. The summed E-state index contributed by atoms with van der Waals surface area (Å²) in [5.41, 5.74) is 8.84. The maximum absolute atomic E-state index is 12.4. The largest absolute Gasteiger partial charge is 0.489 e. The summed E-state index contributed by atoms with van der Waals surface area (Å²) in [6.45, 7) is 4.14. The van der Waals surface area contributed by atoms with Crippen molar-refractivity contribution < 1.29 is 14.3 Å². The number of fused-ring (bicyclic) bond motifs is 1. The lowest BCUT2D eigenvalue weighted by molar-refractivity contribution is -0.121. The number of rotatable bonds is 7. The monoisotopic (exact) mass is 478 g/mol. The molecule has 10 heteroatoms. The predicted octanol–water partition coefficient (Wildman–Crippen LogP) is 3.37. The van der Waals surface area contributed by atoms with Gasteiger partial charge >= 0.3 is 0 Å². The van der Waals surface area contributed by atoms with E-state index in [2.05, 4.69) is 25.9 Å². The van der Waals surface area contributed by atoms with Crippen molar-refractivity contribution in [2.24, 2.45) is 0 Å². The van der Waals surface area contributed by atoms with Crippen molar-refractivity contribution in [1.82, 2.24) is 30.4 Å². The molecule has 0 radical (unpaired) electrons. The van der Waals surface area contributed by atoms with Gasteiger partial charge in [-0.1, -0.05) is 23.7 Å². The Bertz CT molecular complexity index is 1320. The van der Waals surface area contributed by atoms with E-state index in [4.69, 9.17) is 16.3 Å². The van der Waals surface area contributed by atoms with Gasteiger partial charge < -0.3 is 4.74 Å². The molecule has 4 rings (SSSR count). The number of nitrogens with one attached hydrogen (secondary N) is 2. The van der Waals surface area contributed by atoms with E-state index in [0.717, 1.165) is 22.5 Å². The van der Waals surface area contributed by atoms with Gasteiger partial charge in [0.25, 0.3) is 11.7 Å². The average Bonchev–Trinajstić information content (AvgIpc) is 3.31. The normalized spacial score (nSPS) is 10.8. The van der Waals surface area contributed by atoms with Gasteiger partial charge in [-0.15, -0.1) is 0 Å². The van der Waals surface area contributed by atoms with E-state index >= 15 is 0 Å². The molecule has 34 heavy (non-hydrogen) atoms. The van der Waals surface area contributed by atoms with Crippen LogP contribution < -0.4 is 15.6 Å². The predicted molar refractivity (Wildman–Crippen MR) is 126 cm³/mol. The topological polar surface area (TPSA) is 111 Å². The van der Waals surface area contributed by atoms with E-state index in [1.165, 1.54) is 6.33 Å². The minimum absolute atomic E-state index is 0.185. The second-order valence-corrected chi connectivity index (χ2v) is 8.11. The lowest BCUT2D eigenvalue weighted by Gasteiger charge is -2.11. The van der Waals surface area contributed by atoms with Gasteiger partial charge in [-0.25, -0.2) is 9.50 Å². The van der Waals surface area contributed by atoms with E-state index < -0.39 is 5.91 Å². The number of aryl methyl sites for hydroxylation is 2. The molecule has 0 fully saturated rings. The minimum atomic E-state index is -0.406. The number of amides is 2. The average molecular weight is 479 g/mol. The molecule has 0 aliphatic heterocycles. The van der Waals surface area contributed by atoms with Crippen LogP contribution in [0.25, 0.3) is 5.78 Å². The zero-order valence-electron chi connectivity index (χ0n) is 18.7. The summed E-state index contributed by atoms with van der Waals surface area (Å²) in [5.74, 6) is 0.518. The lowest BCUT2D eigenvalue weighted by atomic mass is 10.1. The molecule has 0 unspecified atom stereocenters. The number of hydrogen-bond acceptors (Lipinski definition) is 6. The van der Waals surface area contributed by atoms with Crippen LogP contribution in [-0.2, 0) is 17.8 Å². The number of benzene rings is 2. The molecule has 2 aromatic carbocycles. The van der Waals surface area contributed by atoms with E-state index in [-0.39, 0.29) is 12.3 Å². The molecule has 0 aliphatic rings. The maximum atomic E-state index is 12.4. The van der Waals surface area contributed by atoms with Crippen LogP contribution in [0.2, 0.25) is 5.02 Å². The summed E-state index contributed by atoms with van der Waals surface area (Å²) in [6.07, 6.45) is 2.09. The Labute approximate surface area is 201 Å². The highest BCUT2D eigenvalue weighted by molar-refractivity contribution is 6.30. The number of carbonyl (C=O) groups is 2. The molecular formula is C24H23ClN6O3. The van der Waals surface area contributed by atoms with E-state index in [1.54, 1.807) is 53.0 Å². The first-order chi connectivity index (χ1) is 16.4. The first-order valence-corrected chi connectivity index (χ1v) is 11.0. The van der Waals surface area contributed by atoms with Crippen LogP contribution in [0, 0.1) is 13.8 Å². The highest BCUT2D eigenvalue weighted by Gasteiger charge is 2.13. The summed E-state index contributed by atoms with van der Waals surface area (Å²) in [7, 11) is 0. The van der Waals surface area contributed by atoms with Crippen molar-refractivity contribution in [3.8, 4) is 5.75 Å². The fraction of sp³-hybridized carbons (Fsp3) is 0.208. The van der Waals surface area contributed by atoms with Gasteiger partial charge in [0.1, 0.15) is 18.7 Å². The molecule has 2 amide bonds. The van der Waals surface area contributed by atoms with Crippen molar-refractivity contribution in [3.63, 3.8) is 0 Å². The Morgan fingerprint density at radius 3 is 2.50 bits per heavy atom. The fourth-order valence-electron chi connectivity index (χ4n) is 3.47. The third kappa shape index (κ3) is 5.49. The number of ether oxygens (including phenoxy) is 1. The second kappa shape index (κ2) is 10.3. The van der Waals surface area contributed by atoms with Crippen LogP contribution in [0.4, 0.5) is 0 Å². The van der Waals surface area contributed by atoms with Crippen molar-refractivity contribution in [3.05, 3.63) is 88.0 Å². The fourth-order valence-corrected chi connectivity index (χ4v) is 3.59. The zero-order valence-corrected chi connectivity index (χ0v) is 19.5. The number of hydrogen-bond donors (Lipinski definition) is 2. The third-order valence-corrected chi connectivity index (χ3v) is 5.59. The van der Waals surface area contributed by atoms with E-state index in [0.29, 0.717) is 35.1 Å². The van der Waals surface area contributed by atoms with Crippen molar-refractivity contribution in [2.45, 2.75) is 33.3 Å². The first kappa shape index (κ1) is 23.2. The number of carbonyl (C=O) groups excluding carboxylic acids is 2. The van der Waals surface area contributed by atoms with Crippen LogP contribution in [-0.4, -0.2) is 31.4 Å². The van der Waals surface area contributed by atoms with Gasteiger partial charge in [0.2, 0.25) is 5.91 Å². The minimum Gasteiger partial charge on any atom is -0.489 e. The summed E-state index contributed by atoms with van der Waals surface area (Å²) in [4.78, 5) is 33.1. The molecule has 0 aliphatic carbocycles. The standard InChI is InChI=1S/C24H23ClN6O3/c1-15-21(16(2)31-24(28-15)26-14-27-31)11-12-22(32)29-30-23(33)18-5-3-17(4-6-18)13-34-20-9-7-19(25)8-10-20/h3-10,14H,11-13H2,1-2H3,(H,29,32)(H,30,33). The van der Waals surface area contributed by atoms with Gasteiger partial charge in [-0.3, -0.25) is 20.4 Å². The van der Waals surface area contributed by atoms with E-state index in [1.807, 2.05) is 13.8 Å². The number of halogens is 1. The van der Waals surface area contributed by atoms with Gasteiger partial charge in [-0.2, -0.15) is 10.1 Å². The molecule has 174 valence electrons. The van der Waals surface area contributed by atoms with Crippen molar-refractivity contribution >= 4 is 29.2 Å². The Kier molecular flexibility index (Phi) is 7.03. The Morgan fingerprint density at radius 1 is 1.03 bits per heavy atom. The molecular weight excluding hydrogens is 456 g/mol. The number of hydrazine groups is 1. The molecule has 2 aromatic heterocycles. The molecule has 4 aromatic rings. The number of nitrogens with zero attached hydrogens (tertiary/aromatic N) is 4. The Balaban J connectivity index is 1.25. The lowest BCUT2D eigenvalue weighted by Crippen LogP contribution is -2.41. The van der Waals surface area contributed by atoms with Crippen LogP contribution in [0.5, 0.6) is 5.75 Å². The second-order valence-electron chi connectivity index (χ2n) is 7.67. The highest BCUT2D eigenvalue weighted by Crippen LogP contribution is 2.17. The van der Waals surface area contributed by atoms with Gasteiger partial charge in [-0.05, 0) is 67.8 Å². The molecule has 0 bridgehead atoms. The summed E-state index contributed by atoms with van der Waals surface area (Å²) in [5, 5.41) is 4.79. The smallest absolute Gasteiger partial charge is 0.269 e. The summed E-state index contributed by atoms with van der Waals surface area (Å²) < 4.78 is 7.34. The summed E-state index contributed by atoms with van der Waals surface area (Å²) >= 11 is 5.87. The Hall–Kier alpha value is -3.98. The molecule has 0 saturated carbocycles. The van der Waals surface area contributed by atoms with Crippen LogP contribution in [0.3, 0.4) is 0 Å². The van der Waals surface area contributed by atoms with Crippen LogP contribution in [0.15, 0.2) is 54.9 Å². The van der Waals surface area contributed by atoms with Crippen molar-refractivity contribution in [2.75, 3.05) is 0 Å². The van der Waals surface area contributed by atoms with Crippen LogP contribution in [0.1, 0.15) is 39.3 Å². The van der Waals surface area contributed by atoms with Gasteiger partial charge in [0.15, 0.2) is 0 Å². The van der Waals surface area contributed by atoms with Crippen molar-refractivity contribution in [1.29, 1.82) is 0 Å². The molecule has 9 nitrogen and oxygen atoms in total. The zero-order chi connectivity index (χ0) is 24.1. The maximum Gasteiger partial charge on any atom is 0.269 e. The third-order valence-electron chi connectivity index (χ3n) is 5.34. The Morgan fingerprint density at radius 2 is 1.76 bits per heavy atom.